The molecule has 0 bridgehead atoms. The Hall–Kier alpha value is -1.53. The van der Waals surface area contributed by atoms with Crippen molar-refractivity contribution in [3.8, 4) is 6.07 Å². The molecular formula is C17H27N3. The molecule has 0 saturated heterocycles. The molecule has 0 saturated carbocycles. The topological polar surface area (TPSA) is 39.1 Å². The molecule has 0 radical (unpaired) electrons. The van der Waals surface area contributed by atoms with Crippen molar-refractivity contribution in [2.75, 3.05) is 24.5 Å². The molecule has 2 atom stereocenters. The average Bonchev–Trinajstić information content (AvgIpc) is 2.49. The van der Waals surface area contributed by atoms with E-state index in [-0.39, 0.29) is 5.92 Å². The lowest BCUT2D eigenvalue weighted by Gasteiger charge is -2.29. The third kappa shape index (κ3) is 4.54. The standard InChI is InChI=1S/C17H27N3/c1-5-11-19-15(4)16-9-7-8-10-17(16)20(6-2)13-14(3)12-18/h7-10,14-15,19H,5-6,11,13H2,1-4H3. The summed E-state index contributed by atoms with van der Waals surface area (Å²) in [4.78, 5) is 2.30. The van der Waals surface area contributed by atoms with Gasteiger partial charge in [-0.05, 0) is 45.4 Å². The van der Waals surface area contributed by atoms with Gasteiger partial charge in [0, 0.05) is 24.8 Å². The fraction of sp³-hybridized carbons (Fsp3) is 0.588. The number of hydrogen-bond donors (Lipinski definition) is 1. The molecule has 1 aromatic carbocycles. The molecule has 0 fully saturated rings. The summed E-state index contributed by atoms with van der Waals surface area (Å²) in [5.74, 6) is 0.0434. The second-order valence-corrected chi connectivity index (χ2v) is 5.30. The summed E-state index contributed by atoms with van der Waals surface area (Å²) in [5.41, 5.74) is 2.56. The zero-order chi connectivity index (χ0) is 15.0. The summed E-state index contributed by atoms with van der Waals surface area (Å²) in [6, 6.07) is 11.2. The first kappa shape index (κ1) is 16.5. The Morgan fingerprint density at radius 3 is 2.55 bits per heavy atom. The first-order valence-electron chi connectivity index (χ1n) is 7.60. The van der Waals surface area contributed by atoms with Crippen molar-refractivity contribution in [3.05, 3.63) is 29.8 Å². The van der Waals surface area contributed by atoms with E-state index in [9.17, 15) is 0 Å². The Bertz CT molecular complexity index is 436. The molecule has 3 heteroatoms. The van der Waals surface area contributed by atoms with Gasteiger partial charge in [-0.15, -0.1) is 0 Å². The number of rotatable bonds is 8. The van der Waals surface area contributed by atoms with Crippen LogP contribution in [-0.4, -0.2) is 19.6 Å². The molecule has 1 rings (SSSR count). The zero-order valence-electron chi connectivity index (χ0n) is 13.2. The van der Waals surface area contributed by atoms with Crippen LogP contribution < -0.4 is 10.2 Å². The fourth-order valence-electron chi connectivity index (χ4n) is 2.38. The highest BCUT2D eigenvalue weighted by Crippen LogP contribution is 2.26. The molecule has 0 aliphatic rings. The van der Waals surface area contributed by atoms with E-state index in [0.717, 1.165) is 26.1 Å². The molecule has 1 N–H and O–H groups in total. The lowest BCUT2D eigenvalue weighted by molar-refractivity contribution is 0.567. The summed E-state index contributed by atoms with van der Waals surface area (Å²) in [5, 5.41) is 12.6. The van der Waals surface area contributed by atoms with Gasteiger partial charge in [-0.3, -0.25) is 0 Å². The lowest BCUT2D eigenvalue weighted by atomic mass is 10.0. The van der Waals surface area contributed by atoms with Crippen molar-refractivity contribution in [1.82, 2.24) is 5.32 Å². The van der Waals surface area contributed by atoms with Gasteiger partial charge in [-0.2, -0.15) is 5.26 Å². The zero-order valence-corrected chi connectivity index (χ0v) is 13.2. The van der Waals surface area contributed by atoms with Gasteiger partial charge in [-0.1, -0.05) is 25.1 Å². The van der Waals surface area contributed by atoms with Gasteiger partial charge in [0.25, 0.3) is 0 Å². The van der Waals surface area contributed by atoms with Crippen LogP contribution in [0.15, 0.2) is 24.3 Å². The average molecular weight is 273 g/mol. The van der Waals surface area contributed by atoms with Crippen molar-refractivity contribution < 1.29 is 0 Å². The molecule has 20 heavy (non-hydrogen) atoms. The molecule has 0 spiro atoms. The molecule has 0 aromatic heterocycles. The highest BCUT2D eigenvalue weighted by Gasteiger charge is 2.15. The minimum Gasteiger partial charge on any atom is -0.370 e. The minimum atomic E-state index is 0.0434. The van der Waals surface area contributed by atoms with E-state index < -0.39 is 0 Å². The Morgan fingerprint density at radius 1 is 1.25 bits per heavy atom. The number of hydrogen-bond acceptors (Lipinski definition) is 3. The van der Waals surface area contributed by atoms with Gasteiger partial charge >= 0.3 is 0 Å². The van der Waals surface area contributed by atoms with Gasteiger partial charge in [-0.25, -0.2) is 0 Å². The smallest absolute Gasteiger partial charge is 0.0671 e. The van der Waals surface area contributed by atoms with Crippen LogP contribution in [0.3, 0.4) is 0 Å². The predicted octanol–water partition coefficient (Wildman–Crippen LogP) is 3.73. The molecule has 0 aliphatic carbocycles. The van der Waals surface area contributed by atoms with Crippen molar-refractivity contribution in [2.45, 2.75) is 40.2 Å². The first-order valence-corrected chi connectivity index (χ1v) is 7.60. The first-order chi connectivity index (χ1) is 9.63. The van der Waals surface area contributed by atoms with Crippen LogP contribution in [0.4, 0.5) is 5.69 Å². The maximum Gasteiger partial charge on any atom is 0.0671 e. The van der Waals surface area contributed by atoms with Crippen molar-refractivity contribution in [2.24, 2.45) is 5.92 Å². The Labute approximate surface area is 123 Å². The number of nitriles is 1. The van der Waals surface area contributed by atoms with Crippen LogP contribution in [0.25, 0.3) is 0 Å². The monoisotopic (exact) mass is 273 g/mol. The molecule has 3 nitrogen and oxygen atoms in total. The summed E-state index contributed by atoms with van der Waals surface area (Å²) in [6.45, 7) is 11.2. The highest BCUT2D eigenvalue weighted by atomic mass is 15.1. The third-order valence-corrected chi connectivity index (χ3v) is 3.54. The van der Waals surface area contributed by atoms with Crippen LogP contribution in [0.1, 0.15) is 45.7 Å². The number of benzene rings is 1. The van der Waals surface area contributed by atoms with Crippen LogP contribution >= 0.6 is 0 Å². The maximum atomic E-state index is 9.03. The summed E-state index contributed by atoms with van der Waals surface area (Å²) in [7, 11) is 0. The Balaban J connectivity index is 2.95. The van der Waals surface area contributed by atoms with Crippen LogP contribution in [0, 0.1) is 17.2 Å². The van der Waals surface area contributed by atoms with Gasteiger partial charge < -0.3 is 10.2 Å². The number of anilines is 1. The largest absolute Gasteiger partial charge is 0.370 e. The molecular weight excluding hydrogens is 246 g/mol. The summed E-state index contributed by atoms with van der Waals surface area (Å²) >= 11 is 0. The quantitative estimate of drug-likeness (QED) is 0.784. The van der Waals surface area contributed by atoms with E-state index in [1.807, 2.05) is 6.92 Å². The molecule has 0 heterocycles. The number of nitrogens with one attached hydrogen (secondary N) is 1. The molecule has 1 aromatic rings. The summed E-state index contributed by atoms with van der Waals surface area (Å²) < 4.78 is 0. The van der Waals surface area contributed by atoms with Gasteiger partial charge in [0.1, 0.15) is 0 Å². The van der Waals surface area contributed by atoms with Gasteiger partial charge in [0.05, 0.1) is 12.0 Å². The van der Waals surface area contributed by atoms with E-state index in [2.05, 4.69) is 61.3 Å². The molecule has 110 valence electrons. The van der Waals surface area contributed by atoms with Crippen LogP contribution in [0.2, 0.25) is 0 Å². The second-order valence-electron chi connectivity index (χ2n) is 5.30. The maximum absolute atomic E-state index is 9.03. The van der Waals surface area contributed by atoms with Gasteiger partial charge in [0.15, 0.2) is 0 Å². The van der Waals surface area contributed by atoms with E-state index in [4.69, 9.17) is 5.26 Å². The number of para-hydroxylation sites is 1. The second kappa shape index (κ2) is 8.60. The predicted molar refractivity (Wildman–Crippen MR) is 85.8 cm³/mol. The van der Waals surface area contributed by atoms with E-state index in [1.54, 1.807) is 0 Å². The van der Waals surface area contributed by atoms with E-state index in [0.29, 0.717) is 6.04 Å². The normalized spacial score (nSPS) is 13.6. The molecule has 0 amide bonds. The Kier molecular flexibility index (Phi) is 7.11. The van der Waals surface area contributed by atoms with Gasteiger partial charge in [0.2, 0.25) is 0 Å². The van der Waals surface area contributed by atoms with Crippen molar-refractivity contribution in [1.29, 1.82) is 5.26 Å². The highest BCUT2D eigenvalue weighted by molar-refractivity contribution is 5.55. The lowest BCUT2D eigenvalue weighted by Crippen LogP contribution is -2.30. The van der Waals surface area contributed by atoms with Crippen LogP contribution in [-0.2, 0) is 0 Å². The van der Waals surface area contributed by atoms with Crippen molar-refractivity contribution >= 4 is 5.69 Å². The van der Waals surface area contributed by atoms with Crippen molar-refractivity contribution in [3.63, 3.8) is 0 Å². The minimum absolute atomic E-state index is 0.0434. The molecule has 2 unspecified atom stereocenters. The third-order valence-electron chi connectivity index (χ3n) is 3.54. The van der Waals surface area contributed by atoms with Crippen LogP contribution in [0.5, 0.6) is 0 Å². The SMILES string of the molecule is CCCNC(C)c1ccccc1N(CC)CC(C)C#N. The summed E-state index contributed by atoms with van der Waals surface area (Å²) in [6.07, 6.45) is 1.13. The van der Waals surface area contributed by atoms with E-state index >= 15 is 0 Å². The molecule has 0 aliphatic heterocycles. The Morgan fingerprint density at radius 2 is 1.95 bits per heavy atom. The number of nitrogens with zero attached hydrogens (tertiary/aromatic N) is 2. The fourth-order valence-corrected chi connectivity index (χ4v) is 2.38. The van der Waals surface area contributed by atoms with E-state index in [1.165, 1.54) is 11.3 Å².